The van der Waals surface area contributed by atoms with Crippen molar-refractivity contribution in [3.8, 4) is 0 Å². The van der Waals surface area contributed by atoms with Crippen LogP contribution in [0.25, 0.3) is 0 Å². The van der Waals surface area contributed by atoms with Crippen molar-refractivity contribution >= 4 is 23.4 Å². The van der Waals surface area contributed by atoms with E-state index in [-0.39, 0.29) is 11.7 Å². The molecule has 0 spiro atoms. The molecule has 4 heteroatoms. The highest BCUT2D eigenvalue weighted by atomic mass is 32.2. The predicted molar refractivity (Wildman–Crippen MR) is 62.3 cm³/mol. The van der Waals surface area contributed by atoms with E-state index in [0.29, 0.717) is 0 Å². The first-order chi connectivity index (χ1) is 7.25. The molecule has 80 valence electrons. The molecule has 0 aromatic heterocycles. The summed E-state index contributed by atoms with van der Waals surface area (Å²) in [6, 6.07) is 8.13. The van der Waals surface area contributed by atoms with Crippen molar-refractivity contribution in [2.24, 2.45) is 0 Å². The van der Waals surface area contributed by atoms with E-state index in [4.69, 9.17) is 5.11 Å². The van der Waals surface area contributed by atoms with Gasteiger partial charge in [0.1, 0.15) is 0 Å². The first-order valence-electron chi connectivity index (χ1n) is 4.91. The van der Waals surface area contributed by atoms with Crippen LogP contribution < -0.4 is 5.32 Å². The second kappa shape index (κ2) is 4.57. The van der Waals surface area contributed by atoms with Gasteiger partial charge in [-0.25, -0.2) is 0 Å². The predicted octanol–water partition coefficient (Wildman–Crippen LogP) is 2.19. The molecule has 0 radical (unpaired) electrons. The number of hydrogen-bond donors (Lipinski definition) is 2. The van der Waals surface area contributed by atoms with Crippen LogP contribution >= 0.6 is 11.8 Å². The Hall–Kier alpha value is -1.16. The number of benzene rings is 1. The van der Waals surface area contributed by atoms with E-state index in [1.54, 1.807) is 11.8 Å². The number of carboxylic acid groups (broad SMARTS) is 1. The molecule has 1 heterocycles. The quantitative estimate of drug-likeness (QED) is 0.807. The first-order valence-corrected chi connectivity index (χ1v) is 5.96. The number of carbonyl (C=O) groups is 1. The summed E-state index contributed by atoms with van der Waals surface area (Å²) in [6.07, 6.45) is 0.228. The van der Waals surface area contributed by atoms with Crippen molar-refractivity contribution in [1.29, 1.82) is 0 Å². The highest BCUT2D eigenvalue weighted by Gasteiger charge is 2.18. The van der Waals surface area contributed by atoms with Gasteiger partial charge in [0.25, 0.3) is 0 Å². The normalized spacial score (nSPS) is 19.9. The summed E-state index contributed by atoms with van der Waals surface area (Å²) < 4.78 is 0. The van der Waals surface area contributed by atoms with Crippen LogP contribution in [-0.2, 0) is 10.5 Å². The molecule has 2 N–H and O–H groups in total. The molecule has 3 nitrogen and oxygen atoms in total. The molecule has 1 aliphatic heterocycles. The highest BCUT2D eigenvalue weighted by Crippen LogP contribution is 2.29. The molecule has 0 saturated carbocycles. The maximum absolute atomic E-state index is 10.6. The second-order valence-electron chi connectivity index (χ2n) is 3.57. The Morgan fingerprint density at radius 1 is 1.53 bits per heavy atom. The van der Waals surface area contributed by atoms with Gasteiger partial charge in [0.2, 0.25) is 0 Å². The number of thioether (sulfide) groups is 1. The minimum absolute atomic E-state index is 0.162. The van der Waals surface area contributed by atoms with Gasteiger partial charge < -0.3 is 10.4 Å². The molecule has 1 unspecified atom stereocenters. The van der Waals surface area contributed by atoms with Crippen LogP contribution in [0.3, 0.4) is 0 Å². The van der Waals surface area contributed by atoms with E-state index >= 15 is 0 Å². The molecular formula is C11H13NO2S. The molecule has 15 heavy (non-hydrogen) atoms. The van der Waals surface area contributed by atoms with Crippen molar-refractivity contribution in [1.82, 2.24) is 0 Å². The Balaban J connectivity index is 2.05. The number of para-hydroxylation sites is 1. The van der Waals surface area contributed by atoms with E-state index in [0.717, 1.165) is 18.0 Å². The van der Waals surface area contributed by atoms with Crippen LogP contribution in [-0.4, -0.2) is 22.9 Å². The van der Waals surface area contributed by atoms with Crippen molar-refractivity contribution in [2.45, 2.75) is 17.4 Å². The lowest BCUT2D eigenvalue weighted by Gasteiger charge is -2.10. The molecule has 1 aliphatic rings. The average Bonchev–Trinajstić information content (AvgIpc) is 2.41. The zero-order chi connectivity index (χ0) is 10.7. The van der Waals surface area contributed by atoms with Gasteiger partial charge >= 0.3 is 5.97 Å². The molecule has 0 aliphatic carbocycles. The van der Waals surface area contributed by atoms with Crippen LogP contribution in [0.4, 0.5) is 5.69 Å². The van der Waals surface area contributed by atoms with E-state index in [9.17, 15) is 4.79 Å². The Bertz CT molecular complexity index is 340. The third-order valence-electron chi connectivity index (χ3n) is 2.41. The maximum atomic E-state index is 10.6. The van der Waals surface area contributed by atoms with Crippen LogP contribution in [0.15, 0.2) is 24.3 Å². The summed E-state index contributed by atoms with van der Waals surface area (Å²) in [4.78, 5) is 10.6. The van der Waals surface area contributed by atoms with Crippen molar-refractivity contribution in [3.05, 3.63) is 29.8 Å². The van der Waals surface area contributed by atoms with Gasteiger partial charge in [-0.05, 0) is 11.6 Å². The van der Waals surface area contributed by atoms with Gasteiger partial charge in [-0.2, -0.15) is 11.8 Å². The molecule has 0 fully saturated rings. The van der Waals surface area contributed by atoms with Gasteiger partial charge in [-0.1, -0.05) is 18.2 Å². The maximum Gasteiger partial charge on any atom is 0.304 e. The largest absolute Gasteiger partial charge is 0.481 e. The lowest BCUT2D eigenvalue weighted by atomic mass is 10.2. The van der Waals surface area contributed by atoms with Crippen molar-refractivity contribution in [2.75, 3.05) is 11.9 Å². The average molecular weight is 223 g/mol. The summed E-state index contributed by atoms with van der Waals surface area (Å²) in [5.74, 6) is 0.168. The van der Waals surface area contributed by atoms with E-state index in [1.165, 1.54) is 5.56 Å². The number of anilines is 1. The SMILES string of the molecule is O=C(O)CC1CNc2ccccc2CS1. The minimum atomic E-state index is -0.722. The molecule has 1 atom stereocenters. The van der Waals surface area contributed by atoms with E-state index in [2.05, 4.69) is 11.4 Å². The summed E-state index contributed by atoms with van der Waals surface area (Å²) >= 11 is 1.71. The lowest BCUT2D eigenvalue weighted by Crippen LogP contribution is -2.18. The van der Waals surface area contributed by atoms with E-state index in [1.807, 2.05) is 18.2 Å². The third-order valence-corrected chi connectivity index (χ3v) is 3.70. The topological polar surface area (TPSA) is 49.3 Å². The molecule has 2 rings (SSSR count). The van der Waals surface area contributed by atoms with Gasteiger partial charge in [-0.3, -0.25) is 4.79 Å². The zero-order valence-electron chi connectivity index (χ0n) is 8.27. The fourth-order valence-electron chi connectivity index (χ4n) is 1.63. The first kappa shape index (κ1) is 10.4. The minimum Gasteiger partial charge on any atom is -0.481 e. The fourth-order valence-corrected chi connectivity index (χ4v) is 2.76. The number of hydrogen-bond acceptors (Lipinski definition) is 3. The number of carboxylic acids is 1. The van der Waals surface area contributed by atoms with Crippen LogP contribution in [0, 0.1) is 0 Å². The van der Waals surface area contributed by atoms with Gasteiger partial charge in [-0.15, -0.1) is 0 Å². The van der Waals surface area contributed by atoms with Gasteiger partial charge in [0, 0.05) is 23.2 Å². The Morgan fingerprint density at radius 2 is 2.33 bits per heavy atom. The fraction of sp³-hybridized carbons (Fsp3) is 0.364. The molecule has 0 amide bonds. The zero-order valence-corrected chi connectivity index (χ0v) is 9.09. The summed E-state index contributed by atoms with van der Waals surface area (Å²) in [5, 5.41) is 12.2. The summed E-state index contributed by atoms with van der Waals surface area (Å²) in [6.45, 7) is 0.730. The lowest BCUT2D eigenvalue weighted by molar-refractivity contribution is -0.136. The van der Waals surface area contributed by atoms with E-state index < -0.39 is 5.97 Å². The molecule has 0 saturated heterocycles. The number of aliphatic carboxylic acids is 1. The highest BCUT2D eigenvalue weighted by molar-refractivity contribution is 7.99. The number of fused-ring (bicyclic) bond motifs is 1. The Morgan fingerprint density at radius 3 is 3.13 bits per heavy atom. The smallest absolute Gasteiger partial charge is 0.304 e. The second-order valence-corrected chi connectivity index (χ2v) is 4.86. The Labute approximate surface area is 92.9 Å². The van der Waals surface area contributed by atoms with Crippen molar-refractivity contribution in [3.63, 3.8) is 0 Å². The molecule has 1 aromatic carbocycles. The van der Waals surface area contributed by atoms with Gasteiger partial charge in [0.05, 0.1) is 6.42 Å². The van der Waals surface area contributed by atoms with Crippen LogP contribution in [0.2, 0.25) is 0 Å². The molecule has 0 bridgehead atoms. The summed E-state index contributed by atoms with van der Waals surface area (Å²) in [7, 11) is 0. The summed E-state index contributed by atoms with van der Waals surface area (Å²) in [5.41, 5.74) is 2.40. The molecular weight excluding hydrogens is 210 g/mol. The van der Waals surface area contributed by atoms with Gasteiger partial charge in [0.15, 0.2) is 0 Å². The van der Waals surface area contributed by atoms with Crippen LogP contribution in [0.1, 0.15) is 12.0 Å². The number of rotatable bonds is 2. The van der Waals surface area contributed by atoms with Crippen LogP contribution in [0.5, 0.6) is 0 Å². The monoisotopic (exact) mass is 223 g/mol. The number of nitrogens with one attached hydrogen (secondary N) is 1. The Kier molecular flexibility index (Phi) is 3.16. The third kappa shape index (κ3) is 2.65. The van der Waals surface area contributed by atoms with Crippen molar-refractivity contribution < 1.29 is 9.90 Å². The molecule has 1 aromatic rings. The standard InChI is InChI=1S/C11H13NO2S/c13-11(14)5-9-6-12-10-4-2-1-3-8(10)7-15-9/h1-4,9,12H,5-7H2,(H,13,14).